The van der Waals surface area contributed by atoms with Gasteiger partial charge in [0.05, 0.1) is 18.8 Å². The second-order valence-electron chi connectivity index (χ2n) is 4.91. The van der Waals surface area contributed by atoms with Crippen LogP contribution in [0, 0.1) is 0 Å². The highest BCUT2D eigenvalue weighted by Gasteiger charge is 2.31. The topological polar surface area (TPSA) is 73.2 Å². The molecule has 0 aromatic carbocycles. The minimum absolute atomic E-state index is 0.178. The van der Waals surface area contributed by atoms with Crippen LogP contribution < -0.4 is 9.46 Å². The van der Waals surface area contributed by atoms with E-state index in [2.05, 4.69) is 9.82 Å². The van der Waals surface area contributed by atoms with E-state index in [1.807, 2.05) is 0 Å². The third-order valence-corrected chi connectivity index (χ3v) is 5.98. The van der Waals surface area contributed by atoms with Crippen molar-refractivity contribution in [2.24, 2.45) is 7.05 Å². The number of rotatable bonds is 5. The van der Waals surface area contributed by atoms with Gasteiger partial charge in [0, 0.05) is 18.8 Å². The number of nitrogens with zero attached hydrogens (tertiary/aromatic N) is 2. The van der Waals surface area contributed by atoms with Crippen LogP contribution in [0.4, 0.5) is 0 Å². The summed E-state index contributed by atoms with van der Waals surface area (Å²) in [5.41, 5.74) is 0.0290. The Morgan fingerprint density at radius 3 is 2.70 bits per heavy atom. The summed E-state index contributed by atoms with van der Waals surface area (Å²) in [6.07, 6.45) is 3.43. The number of hydrogen-bond donors (Lipinski definition) is 1. The van der Waals surface area contributed by atoms with Crippen LogP contribution in [0.2, 0.25) is 0 Å². The molecule has 1 N–H and O–H groups in total. The predicted molar refractivity (Wildman–Crippen MR) is 77.4 cm³/mol. The number of methoxy groups -OCH3 is 1. The maximum absolute atomic E-state index is 12.5. The Hall–Kier alpha value is -1.38. The number of thiophene rings is 1. The summed E-state index contributed by atoms with van der Waals surface area (Å²) in [6, 6.07) is 1.64. The lowest BCUT2D eigenvalue weighted by Crippen LogP contribution is -2.40. The summed E-state index contributed by atoms with van der Waals surface area (Å²) in [4.78, 5) is 0. The van der Waals surface area contributed by atoms with Gasteiger partial charge in [0.2, 0.25) is 0 Å². The number of ether oxygens (including phenoxy) is 1. The van der Waals surface area contributed by atoms with Crippen molar-refractivity contribution in [1.29, 1.82) is 0 Å². The van der Waals surface area contributed by atoms with Gasteiger partial charge < -0.3 is 4.74 Å². The highest BCUT2D eigenvalue weighted by molar-refractivity contribution is 7.91. The van der Waals surface area contributed by atoms with E-state index in [0.717, 1.165) is 16.9 Å². The number of nitrogens with one attached hydrogen (secondary N) is 1. The maximum Gasteiger partial charge on any atom is 0.254 e. The molecule has 0 spiro atoms. The molecule has 0 saturated carbocycles. The molecule has 2 heterocycles. The van der Waals surface area contributed by atoms with Crippen molar-refractivity contribution in [3.05, 3.63) is 29.4 Å². The number of sulfonamides is 1. The molecule has 2 aromatic rings. The second-order valence-corrected chi connectivity index (χ2v) is 7.70. The van der Waals surface area contributed by atoms with Crippen molar-refractivity contribution >= 4 is 21.4 Å². The van der Waals surface area contributed by atoms with Gasteiger partial charge >= 0.3 is 0 Å². The minimum Gasteiger partial charge on any atom is -0.494 e. The van der Waals surface area contributed by atoms with Gasteiger partial charge in [-0.3, -0.25) is 4.68 Å². The number of aryl methyl sites for hydroxylation is 1. The summed E-state index contributed by atoms with van der Waals surface area (Å²) in [5.74, 6) is 0.351. The standard InChI is InChI=1S/C12H17N3O3S2/c1-12(2,9-7-13-15(3)8-9)14-20(16,17)11-10(18-4)5-6-19-11/h5-8,14H,1-4H3. The van der Waals surface area contributed by atoms with E-state index in [1.165, 1.54) is 7.11 Å². The molecule has 8 heteroatoms. The van der Waals surface area contributed by atoms with Crippen molar-refractivity contribution < 1.29 is 13.2 Å². The second kappa shape index (κ2) is 5.19. The normalized spacial score (nSPS) is 12.6. The SMILES string of the molecule is COc1ccsc1S(=O)(=O)NC(C)(C)c1cnn(C)c1. The Labute approximate surface area is 122 Å². The highest BCUT2D eigenvalue weighted by atomic mass is 32.2. The van der Waals surface area contributed by atoms with Gasteiger partial charge in [0.1, 0.15) is 5.75 Å². The fourth-order valence-corrected chi connectivity index (χ4v) is 4.50. The molecule has 0 bridgehead atoms. The van der Waals surface area contributed by atoms with Crippen molar-refractivity contribution in [1.82, 2.24) is 14.5 Å². The Bertz CT molecular complexity index is 701. The van der Waals surface area contributed by atoms with E-state index in [1.54, 1.807) is 49.4 Å². The average Bonchev–Trinajstić information content (AvgIpc) is 2.95. The third kappa shape index (κ3) is 2.87. The monoisotopic (exact) mass is 315 g/mol. The van der Waals surface area contributed by atoms with E-state index >= 15 is 0 Å². The maximum atomic E-state index is 12.5. The van der Waals surface area contributed by atoms with Gasteiger partial charge in [0.25, 0.3) is 10.0 Å². The van der Waals surface area contributed by atoms with Crippen LogP contribution in [0.5, 0.6) is 5.75 Å². The Balaban J connectivity index is 2.33. The van der Waals surface area contributed by atoms with Gasteiger partial charge in [-0.2, -0.15) is 5.10 Å². The summed E-state index contributed by atoms with van der Waals surface area (Å²) >= 11 is 1.13. The average molecular weight is 315 g/mol. The Morgan fingerprint density at radius 2 is 2.15 bits per heavy atom. The molecule has 0 aliphatic rings. The largest absolute Gasteiger partial charge is 0.494 e. The first-order valence-electron chi connectivity index (χ1n) is 5.91. The molecule has 0 atom stereocenters. The van der Waals surface area contributed by atoms with Gasteiger partial charge in [0.15, 0.2) is 4.21 Å². The summed E-state index contributed by atoms with van der Waals surface area (Å²) in [5, 5.41) is 5.75. The smallest absolute Gasteiger partial charge is 0.254 e. The van der Waals surface area contributed by atoms with Crippen molar-refractivity contribution in [3.63, 3.8) is 0 Å². The van der Waals surface area contributed by atoms with Crippen molar-refractivity contribution in [2.75, 3.05) is 7.11 Å². The lowest BCUT2D eigenvalue weighted by Gasteiger charge is -2.24. The molecule has 2 rings (SSSR count). The Kier molecular flexibility index (Phi) is 3.90. The summed E-state index contributed by atoms with van der Waals surface area (Å²) in [6.45, 7) is 3.59. The molecular weight excluding hydrogens is 298 g/mol. The van der Waals surface area contributed by atoms with Crippen LogP contribution >= 0.6 is 11.3 Å². The molecule has 0 unspecified atom stereocenters. The molecule has 20 heavy (non-hydrogen) atoms. The number of hydrogen-bond acceptors (Lipinski definition) is 5. The van der Waals surface area contributed by atoms with Crippen LogP contribution in [0.15, 0.2) is 28.0 Å². The van der Waals surface area contributed by atoms with Crippen LogP contribution in [0.25, 0.3) is 0 Å². The van der Waals surface area contributed by atoms with Crippen LogP contribution in [0.1, 0.15) is 19.4 Å². The molecule has 0 radical (unpaired) electrons. The van der Waals surface area contributed by atoms with E-state index in [0.29, 0.717) is 5.75 Å². The van der Waals surface area contributed by atoms with Crippen LogP contribution in [0.3, 0.4) is 0 Å². The summed E-state index contributed by atoms with van der Waals surface area (Å²) in [7, 11) is -0.410. The van der Waals surface area contributed by atoms with E-state index in [-0.39, 0.29) is 4.21 Å². The van der Waals surface area contributed by atoms with Crippen LogP contribution in [-0.4, -0.2) is 25.3 Å². The minimum atomic E-state index is -3.65. The fraction of sp³-hybridized carbons (Fsp3) is 0.417. The third-order valence-electron chi connectivity index (χ3n) is 2.88. The zero-order valence-corrected chi connectivity index (χ0v) is 13.4. The lowest BCUT2D eigenvalue weighted by molar-refractivity contribution is 0.404. The quantitative estimate of drug-likeness (QED) is 0.911. The Morgan fingerprint density at radius 1 is 1.45 bits per heavy atom. The summed E-state index contributed by atoms with van der Waals surface area (Å²) < 4.78 is 34.5. The zero-order chi connectivity index (χ0) is 15.0. The highest BCUT2D eigenvalue weighted by Crippen LogP contribution is 2.31. The molecule has 0 fully saturated rings. The molecule has 110 valence electrons. The molecule has 0 aliphatic carbocycles. The first kappa shape index (κ1) is 15.0. The van der Waals surface area contributed by atoms with Crippen molar-refractivity contribution in [2.45, 2.75) is 23.6 Å². The predicted octanol–water partition coefficient (Wildman–Crippen LogP) is 1.70. The first-order chi connectivity index (χ1) is 9.26. The zero-order valence-electron chi connectivity index (χ0n) is 11.7. The van der Waals surface area contributed by atoms with Crippen molar-refractivity contribution in [3.8, 4) is 5.75 Å². The van der Waals surface area contributed by atoms with Gasteiger partial charge in [-0.05, 0) is 25.3 Å². The fourth-order valence-electron chi connectivity index (χ4n) is 1.82. The molecule has 0 saturated heterocycles. The molecular formula is C12H17N3O3S2. The van der Waals surface area contributed by atoms with E-state index < -0.39 is 15.6 Å². The van der Waals surface area contributed by atoms with Gasteiger partial charge in [-0.25, -0.2) is 13.1 Å². The molecule has 0 aliphatic heterocycles. The van der Waals surface area contributed by atoms with E-state index in [9.17, 15) is 8.42 Å². The van der Waals surface area contributed by atoms with E-state index in [4.69, 9.17) is 4.74 Å². The van der Waals surface area contributed by atoms with Gasteiger partial charge in [-0.1, -0.05) is 0 Å². The number of aromatic nitrogens is 2. The molecule has 0 amide bonds. The lowest BCUT2D eigenvalue weighted by atomic mass is 10.00. The first-order valence-corrected chi connectivity index (χ1v) is 8.27. The van der Waals surface area contributed by atoms with Crippen LogP contribution in [-0.2, 0) is 22.6 Å². The van der Waals surface area contributed by atoms with Gasteiger partial charge in [-0.15, -0.1) is 11.3 Å². The molecule has 2 aromatic heterocycles. The molecule has 6 nitrogen and oxygen atoms in total.